The number of carbonyl (C=O) groups is 6. The molecule has 2 aromatic rings. The van der Waals surface area contributed by atoms with Crippen molar-refractivity contribution in [3.8, 4) is 5.75 Å². The lowest BCUT2D eigenvalue weighted by molar-refractivity contribution is -0.141. The van der Waals surface area contributed by atoms with E-state index in [0.717, 1.165) is 50.5 Å². The number of benzene rings is 1. The van der Waals surface area contributed by atoms with Gasteiger partial charge in [-0.2, -0.15) is 0 Å². The third-order valence-corrected chi connectivity index (χ3v) is 10.5. The third kappa shape index (κ3) is 8.73. The molecule has 6 rings (SSSR count). The van der Waals surface area contributed by atoms with E-state index in [1.165, 1.54) is 13.2 Å². The molecular formula is C37H48N6O9. The Kier molecular flexibility index (Phi) is 11.8. The van der Waals surface area contributed by atoms with Gasteiger partial charge in [0, 0.05) is 56.6 Å². The quantitative estimate of drug-likeness (QED) is 0.310. The van der Waals surface area contributed by atoms with Crippen LogP contribution in [0.3, 0.4) is 0 Å². The minimum atomic E-state index is -1.08. The maximum Gasteiger partial charge on any atom is 0.410 e. The van der Waals surface area contributed by atoms with Crippen LogP contribution in [0.25, 0.3) is 10.9 Å². The summed E-state index contributed by atoms with van der Waals surface area (Å²) in [6, 6.07) is 5.43. The zero-order valence-electron chi connectivity index (χ0n) is 29.9. The molecule has 0 radical (unpaired) electrons. The lowest BCUT2D eigenvalue weighted by Gasteiger charge is -2.37. The highest BCUT2D eigenvalue weighted by Gasteiger charge is 2.36. The first-order valence-corrected chi connectivity index (χ1v) is 18.4. The van der Waals surface area contributed by atoms with Gasteiger partial charge in [-0.05, 0) is 82.4 Å². The number of fused-ring (bicyclic) bond motifs is 1. The lowest BCUT2D eigenvalue weighted by atomic mass is 9.93. The van der Waals surface area contributed by atoms with Crippen LogP contribution in [0.5, 0.6) is 5.75 Å². The first-order chi connectivity index (χ1) is 25.1. The SMILES string of the molecule is COC(=O)CCC(NC(=O)c1cc(OCC(=O)N2CCCC2C(=O)NC2CCC2)c2ccc(C)cc2n1)C(=O)N1CCN(C(=O)OC2CCC2)CC1. The van der Waals surface area contributed by atoms with Crippen LogP contribution < -0.4 is 15.4 Å². The number of aryl methyl sites for hydroxylation is 1. The minimum Gasteiger partial charge on any atom is -0.483 e. The average molecular weight is 721 g/mol. The molecule has 4 fully saturated rings. The molecule has 2 aliphatic heterocycles. The molecule has 2 saturated carbocycles. The van der Waals surface area contributed by atoms with Gasteiger partial charge in [0.2, 0.25) is 11.8 Å². The Morgan fingerprint density at radius 3 is 2.31 bits per heavy atom. The fraction of sp³-hybridized carbons (Fsp3) is 0.595. The molecule has 5 amide bonds. The summed E-state index contributed by atoms with van der Waals surface area (Å²) in [6.45, 7) is 3.03. The van der Waals surface area contributed by atoms with Gasteiger partial charge in [0.15, 0.2) is 6.61 Å². The van der Waals surface area contributed by atoms with Crippen LogP contribution in [0.4, 0.5) is 4.79 Å². The maximum atomic E-state index is 13.8. The Balaban J connectivity index is 1.14. The molecule has 280 valence electrons. The average Bonchev–Trinajstić information content (AvgIpc) is 3.61. The van der Waals surface area contributed by atoms with Crippen molar-refractivity contribution in [2.24, 2.45) is 0 Å². The van der Waals surface area contributed by atoms with Gasteiger partial charge in [0.25, 0.3) is 11.8 Å². The minimum absolute atomic E-state index is 0.0168. The molecule has 1 aromatic heterocycles. The molecule has 2 N–H and O–H groups in total. The Hall–Kier alpha value is -4.95. The fourth-order valence-corrected chi connectivity index (χ4v) is 6.84. The number of hydrogen-bond acceptors (Lipinski definition) is 10. The van der Waals surface area contributed by atoms with Gasteiger partial charge in [-0.25, -0.2) is 9.78 Å². The largest absolute Gasteiger partial charge is 0.483 e. The highest BCUT2D eigenvalue weighted by atomic mass is 16.6. The van der Waals surface area contributed by atoms with Crippen LogP contribution in [-0.4, -0.2) is 126 Å². The molecule has 0 spiro atoms. The molecular weight excluding hydrogens is 672 g/mol. The smallest absolute Gasteiger partial charge is 0.410 e. The van der Waals surface area contributed by atoms with Crippen molar-refractivity contribution in [2.45, 2.75) is 95.4 Å². The summed E-state index contributed by atoms with van der Waals surface area (Å²) in [5, 5.41) is 6.40. The van der Waals surface area contributed by atoms with Gasteiger partial charge in [-0.15, -0.1) is 0 Å². The number of hydrogen-bond donors (Lipinski definition) is 2. The molecule has 4 aliphatic rings. The number of amides is 5. The van der Waals surface area contributed by atoms with E-state index in [1.54, 1.807) is 26.8 Å². The summed E-state index contributed by atoms with van der Waals surface area (Å²) < 4.78 is 16.3. The highest BCUT2D eigenvalue weighted by molar-refractivity contribution is 5.99. The van der Waals surface area contributed by atoms with Gasteiger partial charge < -0.3 is 39.5 Å². The van der Waals surface area contributed by atoms with Gasteiger partial charge >= 0.3 is 12.1 Å². The monoisotopic (exact) mass is 720 g/mol. The van der Waals surface area contributed by atoms with E-state index in [0.29, 0.717) is 23.9 Å². The third-order valence-electron chi connectivity index (χ3n) is 10.5. The summed E-state index contributed by atoms with van der Waals surface area (Å²) in [4.78, 5) is 87.7. The van der Waals surface area contributed by atoms with E-state index < -0.39 is 29.9 Å². The van der Waals surface area contributed by atoms with Crippen molar-refractivity contribution in [3.63, 3.8) is 0 Å². The number of nitrogens with one attached hydrogen (secondary N) is 2. The Morgan fingerprint density at radius 1 is 0.904 bits per heavy atom. The lowest BCUT2D eigenvalue weighted by Crippen LogP contribution is -2.56. The molecule has 2 aliphatic carbocycles. The number of ether oxygens (including phenoxy) is 3. The molecule has 0 bridgehead atoms. The Bertz CT molecular complexity index is 1680. The van der Waals surface area contributed by atoms with Crippen LogP contribution in [0, 0.1) is 6.92 Å². The second kappa shape index (κ2) is 16.6. The first kappa shape index (κ1) is 36.8. The zero-order chi connectivity index (χ0) is 36.8. The second-order valence-corrected chi connectivity index (χ2v) is 14.1. The molecule has 2 atom stereocenters. The van der Waals surface area contributed by atoms with Crippen molar-refractivity contribution in [1.82, 2.24) is 30.3 Å². The maximum absolute atomic E-state index is 13.8. The summed E-state index contributed by atoms with van der Waals surface area (Å²) in [7, 11) is 1.25. The number of pyridine rings is 1. The van der Waals surface area contributed by atoms with Crippen molar-refractivity contribution in [3.05, 3.63) is 35.5 Å². The number of likely N-dealkylation sites (tertiary alicyclic amines) is 1. The zero-order valence-corrected chi connectivity index (χ0v) is 29.9. The van der Waals surface area contributed by atoms with E-state index >= 15 is 0 Å². The number of aromatic nitrogens is 1. The predicted molar refractivity (Wildman–Crippen MR) is 187 cm³/mol. The van der Waals surface area contributed by atoms with Crippen LogP contribution >= 0.6 is 0 Å². The van der Waals surface area contributed by atoms with Crippen LogP contribution in [0.2, 0.25) is 0 Å². The number of carbonyl (C=O) groups excluding carboxylic acids is 6. The van der Waals surface area contributed by atoms with E-state index in [1.807, 2.05) is 13.0 Å². The van der Waals surface area contributed by atoms with E-state index in [4.69, 9.17) is 14.2 Å². The summed E-state index contributed by atoms with van der Waals surface area (Å²) in [5.41, 5.74) is 1.30. The fourth-order valence-electron chi connectivity index (χ4n) is 6.84. The van der Waals surface area contributed by atoms with Crippen molar-refractivity contribution >= 4 is 46.6 Å². The van der Waals surface area contributed by atoms with Crippen molar-refractivity contribution < 1.29 is 43.0 Å². The van der Waals surface area contributed by atoms with Crippen LogP contribution in [0.1, 0.15) is 80.3 Å². The number of nitrogens with zero attached hydrogens (tertiary/aromatic N) is 4. The summed E-state index contributed by atoms with van der Waals surface area (Å²) in [5.74, 6) is -1.82. The molecule has 3 heterocycles. The Labute approximate surface area is 302 Å². The van der Waals surface area contributed by atoms with Gasteiger partial charge in [-0.3, -0.25) is 24.0 Å². The van der Waals surface area contributed by atoms with Gasteiger partial charge in [-0.1, -0.05) is 6.07 Å². The summed E-state index contributed by atoms with van der Waals surface area (Å²) >= 11 is 0. The molecule has 1 aromatic carbocycles. The molecule has 15 heteroatoms. The van der Waals surface area contributed by atoms with Crippen LogP contribution in [-0.2, 0) is 28.7 Å². The number of rotatable bonds is 12. The number of esters is 1. The van der Waals surface area contributed by atoms with Crippen molar-refractivity contribution in [2.75, 3.05) is 46.4 Å². The number of methoxy groups -OCH3 is 1. The molecule has 2 saturated heterocycles. The predicted octanol–water partition coefficient (Wildman–Crippen LogP) is 2.47. The summed E-state index contributed by atoms with van der Waals surface area (Å²) in [6.07, 6.45) is 6.51. The first-order valence-electron chi connectivity index (χ1n) is 18.4. The van der Waals surface area contributed by atoms with Gasteiger partial charge in [0.05, 0.1) is 12.6 Å². The topological polar surface area (TPSA) is 177 Å². The normalized spacial score (nSPS) is 19.7. The van der Waals surface area contributed by atoms with E-state index in [-0.39, 0.29) is 87.1 Å². The highest BCUT2D eigenvalue weighted by Crippen LogP contribution is 2.28. The second-order valence-electron chi connectivity index (χ2n) is 14.1. The van der Waals surface area contributed by atoms with Crippen LogP contribution in [0.15, 0.2) is 24.3 Å². The standard InChI is InChI=1S/C37H48N6O9/c1-23-11-12-26-28(20-23)39-29(21-31(26)51-22-32(44)43-15-5-10-30(43)35(47)38-24-6-3-7-24)34(46)40-27(13-14-33(45)50-2)36(48)41-16-18-42(19-17-41)37(49)52-25-8-4-9-25/h11-12,20-21,24-25,27,30H,3-10,13-19,22H2,1-2H3,(H,38,47)(H,40,46). The van der Waals surface area contributed by atoms with Gasteiger partial charge in [0.1, 0.15) is 29.6 Å². The Morgan fingerprint density at radius 2 is 1.63 bits per heavy atom. The van der Waals surface area contributed by atoms with E-state index in [9.17, 15) is 28.8 Å². The molecule has 52 heavy (non-hydrogen) atoms. The van der Waals surface area contributed by atoms with Crippen molar-refractivity contribution in [1.29, 1.82) is 0 Å². The molecule has 2 unspecified atom stereocenters. The number of piperazine rings is 1. The molecule has 15 nitrogen and oxygen atoms in total. The van der Waals surface area contributed by atoms with E-state index in [2.05, 4.69) is 15.6 Å².